The average molecular weight is 328 g/mol. The highest BCUT2D eigenvalue weighted by Crippen LogP contribution is 2.27. The molecule has 24 heavy (non-hydrogen) atoms. The fourth-order valence-electron chi connectivity index (χ4n) is 2.71. The number of rotatable bonds is 6. The molecule has 0 aliphatic carbocycles. The molecule has 1 unspecified atom stereocenters. The molecule has 128 valence electrons. The van der Waals surface area contributed by atoms with Gasteiger partial charge in [0.05, 0.1) is 0 Å². The maximum Gasteiger partial charge on any atom is 0.161 e. The molecule has 0 N–H and O–H groups in total. The van der Waals surface area contributed by atoms with Gasteiger partial charge in [0.15, 0.2) is 6.29 Å². The van der Waals surface area contributed by atoms with Crippen LogP contribution in [0, 0.1) is 13.8 Å². The molecule has 0 radical (unpaired) electrons. The minimum Gasteiger partial charge on any atom is -0.491 e. The van der Waals surface area contributed by atoms with Crippen LogP contribution in [0.1, 0.15) is 17.5 Å². The first kappa shape index (κ1) is 16.8. The van der Waals surface area contributed by atoms with E-state index >= 15 is 0 Å². The van der Waals surface area contributed by atoms with Crippen molar-refractivity contribution in [2.45, 2.75) is 38.8 Å². The summed E-state index contributed by atoms with van der Waals surface area (Å²) in [6.07, 6.45) is 0.166. The number of methoxy groups -OCH3 is 1. The molecule has 1 heterocycles. The van der Waals surface area contributed by atoms with E-state index < -0.39 is 0 Å². The van der Waals surface area contributed by atoms with Gasteiger partial charge in [-0.25, -0.2) is 0 Å². The van der Waals surface area contributed by atoms with Gasteiger partial charge < -0.3 is 18.9 Å². The first-order valence-corrected chi connectivity index (χ1v) is 8.25. The zero-order chi connectivity index (χ0) is 16.9. The third-order valence-electron chi connectivity index (χ3n) is 4.17. The average Bonchev–Trinajstić information content (AvgIpc) is 2.98. The Labute approximate surface area is 143 Å². The van der Waals surface area contributed by atoms with Crippen molar-refractivity contribution in [3.05, 3.63) is 59.7 Å². The molecule has 4 nitrogen and oxygen atoms in total. The highest BCUT2D eigenvalue weighted by Gasteiger charge is 2.37. The summed E-state index contributed by atoms with van der Waals surface area (Å²) >= 11 is 0. The summed E-state index contributed by atoms with van der Waals surface area (Å²) in [5, 5.41) is 0. The fraction of sp³-hybridized carbons (Fsp3) is 0.400. The summed E-state index contributed by atoms with van der Waals surface area (Å²) in [5.74, 6) is 1.67. The minimum atomic E-state index is -0.257. The normalized spacial score (nSPS) is 23.2. The van der Waals surface area contributed by atoms with E-state index in [0.717, 1.165) is 11.5 Å². The SMILES string of the molecule is COC1C[C@H](Oc2ccc(C)cc2)[C@@H](COc2ccc(C)cc2)O1. The lowest BCUT2D eigenvalue weighted by Crippen LogP contribution is -2.32. The van der Waals surface area contributed by atoms with Crippen LogP contribution in [-0.2, 0) is 9.47 Å². The van der Waals surface area contributed by atoms with E-state index in [1.807, 2.05) is 48.5 Å². The Bertz CT molecular complexity index is 636. The smallest absolute Gasteiger partial charge is 0.161 e. The van der Waals surface area contributed by atoms with Gasteiger partial charge in [-0.15, -0.1) is 0 Å². The standard InChI is InChI=1S/C20H24O4/c1-14-4-8-16(9-5-14)22-13-19-18(12-20(21-3)24-19)23-17-10-6-15(2)7-11-17/h4-11,18-20H,12-13H2,1-3H3/t18-,19+,20?/m0/s1. The first-order valence-electron chi connectivity index (χ1n) is 8.25. The van der Waals surface area contributed by atoms with Crippen LogP contribution < -0.4 is 9.47 Å². The van der Waals surface area contributed by atoms with Gasteiger partial charge in [0.25, 0.3) is 0 Å². The third-order valence-corrected chi connectivity index (χ3v) is 4.17. The quantitative estimate of drug-likeness (QED) is 0.806. The van der Waals surface area contributed by atoms with Gasteiger partial charge in [-0.1, -0.05) is 35.4 Å². The van der Waals surface area contributed by atoms with Crippen molar-refractivity contribution >= 4 is 0 Å². The van der Waals surface area contributed by atoms with Crippen molar-refractivity contribution in [1.29, 1.82) is 0 Å². The van der Waals surface area contributed by atoms with E-state index in [9.17, 15) is 0 Å². The van der Waals surface area contributed by atoms with Crippen molar-refractivity contribution in [2.24, 2.45) is 0 Å². The summed E-state index contributed by atoms with van der Waals surface area (Å²) in [7, 11) is 1.65. The number of hydrogen-bond donors (Lipinski definition) is 0. The van der Waals surface area contributed by atoms with Crippen LogP contribution in [0.3, 0.4) is 0 Å². The lowest BCUT2D eigenvalue weighted by Gasteiger charge is -2.20. The lowest BCUT2D eigenvalue weighted by molar-refractivity contribution is -0.124. The van der Waals surface area contributed by atoms with E-state index in [1.165, 1.54) is 11.1 Å². The van der Waals surface area contributed by atoms with Crippen molar-refractivity contribution in [3.63, 3.8) is 0 Å². The minimum absolute atomic E-state index is 0.0943. The van der Waals surface area contributed by atoms with Gasteiger partial charge in [0.2, 0.25) is 0 Å². The molecule has 4 heteroatoms. The second-order valence-electron chi connectivity index (χ2n) is 6.17. The van der Waals surface area contributed by atoms with E-state index in [2.05, 4.69) is 13.8 Å². The number of benzene rings is 2. The molecule has 2 aromatic rings. The Kier molecular flexibility index (Phi) is 5.38. The van der Waals surface area contributed by atoms with E-state index in [0.29, 0.717) is 13.0 Å². The van der Waals surface area contributed by atoms with Crippen LogP contribution in [0.25, 0.3) is 0 Å². The van der Waals surface area contributed by atoms with E-state index in [1.54, 1.807) is 7.11 Å². The Balaban J connectivity index is 1.62. The van der Waals surface area contributed by atoms with Crippen LogP contribution in [0.5, 0.6) is 11.5 Å². The molecule has 0 amide bonds. The molecule has 1 aliphatic heterocycles. The summed E-state index contributed by atoms with van der Waals surface area (Å²) in [6.45, 7) is 4.54. The molecule has 0 saturated carbocycles. The number of ether oxygens (including phenoxy) is 4. The highest BCUT2D eigenvalue weighted by molar-refractivity contribution is 5.27. The summed E-state index contributed by atoms with van der Waals surface area (Å²) in [6, 6.07) is 16.0. The number of hydrogen-bond acceptors (Lipinski definition) is 4. The van der Waals surface area contributed by atoms with E-state index in [4.69, 9.17) is 18.9 Å². The van der Waals surface area contributed by atoms with Crippen LogP contribution in [0.15, 0.2) is 48.5 Å². The monoisotopic (exact) mass is 328 g/mol. The van der Waals surface area contributed by atoms with E-state index in [-0.39, 0.29) is 18.5 Å². The molecule has 1 aliphatic rings. The predicted octanol–water partition coefficient (Wildman–Crippen LogP) is 3.89. The fourth-order valence-corrected chi connectivity index (χ4v) is 2.71. The van der Waals surface area contributed by atoms with Gasteiger partial charge in [-0.05, 0) is 38.1 Å². The van der Waals surface area contributed by atoms with Crippen molar-refractivity contribution in [2.75, 3.05) is 13.7 Å². The summed E-state index contributed by atoms with van der Waals surface area (Å²) in [4.78, 5) is 0. The van der Waals surface area contributed by atoms with Gasteiger partial charge in [0, 0.05) is 13.5 Å². The van der Waals surface area contributed by atoms with Crippen LogP contribution in [0.2, 0.25) is 0 Å². The van der Waals surface area contributed by atoms with Crippen molar-refractivity contribution in [1.82, 2.24) is 0 Å². The summed E-state index contributed by atoms with van der Waals surface area (Å²) in [5.41, 5.74) is 2.42. The lowest BCUT2D eigenvalue weighted by atomic mass is 10.2. The predicted molar refractivity (Wildman–Crippen MR) is 92.6 cm³/mol. The number of aryl methyl sites for hydroxylation is 2. The molecule has 1 saturated heterocycles. The molecule has 1 fully saturated rings. The third kappa shape index (κ3) is 4.28. The summed E-state index contributed by atoms with van der Waals surface area (Å²) < 4.78 is 23.2. The molecule has 0 spiro atoms. The van der Waals surface area contributed by atoms with Crippen LogP contribution >= 0.6 is 0 Å². The van der Waals surface area contributed by atoms with Crippen molar-refractivity contribution in [3.8, 4) is 11.5 Å². The second kappa shape index (κ2) is 7.69. The van der Waals surface area contributed by atoms with Crippen LogP contribution in [-0.4, -0.2) is 32.2 Å². The highest BCUT2D eigenvalue weighted by atomic mass is 16.7. The molecule has 2 aromatic carbocycles. The molecule has 3 atom stereocenters. The largest absolute Gasteiger partial charge is 0.491 e. The topological polar surface area (TPSA) is 36.9 Å². The van der Waals surface area contributed by atoms with Crippen molar-refractivity contribution < 1.29 is 18.9 Å². The van der Waals surface area contributed by atoms with Gasteiger partial charge in [-0.2, -0.15) is 0 Å². The first-order chi connectivity index (χ1) is 11.6. The zero-order valence-corrected chi connectivity index (χ0v) is 14.4. The van der Waals surface area contributed by atoms with Gasteiger partial charge in [0.1, 0.15) is 30.3 Å². The van der Waals surface area contributed by atoms with Gasteiger partial charge in [-0.3, -0.25) is 0 Å². The second-order valence-corrected chi connectivity index (χ2v) is 6.17. The maximum atomic E-state index is 6.10. The Morgan fingerprint density at radius 3 is 2.08 bits per heavy atom. The molecule has 3 rings (SSSR count). The molecule has 0 aromatic heterocycles. The molecule has 0 bridgehead atoms. The maximum absolute atomic E-state index is 6.10. The Morgan fingerprint density at radius 1 is 0.917 bits per heavy atom. The Hall–Kier alpha value is -2.04. The molecular formula is C20H24O4. The Morgan fingerprint density at radius 2 is 1.50 bits per heavy atom. The molecular weight excluding hydrogens is 304 g/mol. The van der Waals surface area contributed by atoms with Crippen LogP contribution in [0.4, 0.5) is 0 Å². The van der Waals surface area contributed by atoms with Gasteiger partial charge >= 0.3 is 0 Å². The zero-order valence-electron chi connectivity index (χ0n) is 14.4.